The van der Waals surface area contributed by atoms with Crippen molar-refractivity contribution in [2.45, 2.75) is 53.9 Å². The smallest absolute Gasteiger partial charge is 0.151 e. The molecule has 6 nitrogen and oxygen atoms in total. The number of allylic oxidation sites excluding steroid dienone is 3. The predicted octanol–water partition coefficient (Wildman–Crippen LogP) is 12.1. The molecule has 0 unspecified atom stereocenters. The maximum atomic E-state index is 6.40. The lowest BCUT2D eigenvalue weighted by Gasteiger charge is -2.36. The molecule has 0 N–H and O–H groups in total. The molecule has 1 aromatic heterocycles. The van der Waals surface area contributed by atoms with Crippen molar-refractivity contribution in [1.29, 1.82) is 0 Å². The van der Waals surface area contributed by atoms with Gasteiger partial charge in [0.05, 0.1) is 39.7 Å². The highest BCUT2D eigenvalue weighted by Gasteiger charge is 2.38. The molecule has 0 saturated carbocycles. The summed E-state index contributed by atoms with van der Waals surface area (Å²) in [7, 11) is 0. The summed E-state index contributed by atoms with van der Waals surface area (Å²) in [6, 6.07) is 38.0. The predicted molar refractivity (Wildman–Crippen MR) is 212 cm³/mol. The van der Waals surface area contributed by atoms with Gasteiger partial charge in [0.2, 0.25) is 0 Å². The molecule has 5 aromatic carbocycles. The molecule has 0 spiro atoms. The van der Waals surface area contributed by atoms with Crippen molar-refractivity contribution in [2.75, 3.05) is 14.7 Å². The van der Waals surface area contributed by atoms with Crippen LogP contribution in [0, 0.1) is 6.92 Å². The van der Waals surface area contributed by atoms with E-state index in [4.69, 9.17) is 16.3 Å². The normalized spacial score (nSPS) is 13.9. The van der Waals surface area contributed by atoms with Crippen molar-refractivity contribution < 1.29 is 4.74 Å². The van der Waals surface area contributed by atoms with E-state index in [9.17, 15) is 0 Å². The Bertz CT molecular complexity index is 2370. The summed E-state index contributed by atoms with van der Waals surface area (Å²) in [4.78, 5) is 12.6. The Morgan fingerprint density at radius 2 is 1.35 bits per heavy atom. The van der Waals surface area contributed by atoms with Crippen molar-refractivity contribution >= 4 is 39.5 Å². The average Bonchev–Trinajstić information content (AvgIpc) is 3.68. The number of imidazole rings is 1. The fourth-order valence-electron chi connectivity index (χ4n) is 7.82. The van der Waals surface area contributed by atoms with Gasteiger partial charge in [-0.1, -0.05) is 106 Å². The number of aromatic nitrogens is 2. The molecular formula is C45H43N5O. The van der Waals surface area contributed by atoms with Crippen molar-refractivity contribution in [1.82, 2.24) is 9.55 Å². The van der Waals surface area contributed by atoms with Crippen molar-refractivity contribution in [3.05, 3.63) is 156 Å². The molecule has 2 aliphatic rings. The Balaban J connectivity index is 1.55. The molecule has 0 saturated heterocycles. The van der Waals surface area contributed by atoms with Crippen LogP contribution in [0.5, 0.6) is 5.75 Å². The zero-order valence-corrected chi connectivity index (χ0v) is 30.1. The largest absolute Gasteiger partial charge is 0.458 e. The second kappa shape index (κ2) is 12.7. The van der Waals surface area contributed by atoms with Crippen LogP contribution in [0.1, 0.15) is 51.7 Å². The number of rotatable bonds is 8. The summed E-state index contributed by atoms with van der Waals surface area (Å²) < 4.78 is 8.74. The second-order valence-corrected chi connectivity index (χ2v) is 13.3. The van der Waals surface area contributed by atoms with Crippen LogP contribution in [0.25, 0.3) is 28.1 Å². The zero-order chi connectivity index (χ0) is 35.4. The van der Waals surface area contributed by atoms with Gasteiger partial charge in [0.15, 0.2) is 5.75 Å². The third kappa shape index (κ3) is 4.96. The highest BCUT2D eigenvalue weighted by molar-refractivity contribution is 6.09. The number of anilines is 5. The van der Waals surface area contributed by atoms with Crippen LogP contribution in [-0.2, 0) is 6.42 Å². The van der Waals surface area contributed by atoms with Gasteiger partial charge < -0.3 is 9.64 Å². The van der Waals surface area contributed by atoms with Gasteiger partial charge in [-0.15, -0.1) is 0 Å². The standard InChI is InChI=1S/C45H43N5O/c1-8-20-29(3)47-33(7)49(38-26-17-16-25-37(38)47)42-30(4)36(9-2)43(48-31(5)32(6)51-40-28-19-18-27-39(40)48)44-41(42)46-45(34-21-12-10-13-22-34)50(44)35-23-14-11-15-24-35/h10-19,21-28H,3,7-9,20H2,1-2,4-6H3. The first-order chi connectivity index (χ1) is 24.8. The van der Waals surface area contributed by atoms with Crippen molar-refractivity contribution in [3.8, 4) is 22.8 Å². The number of hydrogen-bond donors (Lipinski definition) is 0. The molecule has 0 aliphatic carbocycles. The number of ether oxygens (including phenoxy) is 1. The average molecular weight is 670 g/mol. The van der Waals surface area contributed by atoms with E-state index in [-0.39, 0.29) is 0 Å². The fraction of sp³-hybridized carbons (Fsp3) is 0.178. The van der Waals surface area contributed by atoms with E-state index in [2.05, 4.69) is 164 Å². The van der Waals surface area contributed by atoms with E-state index in [1.807, 2.05) is 6.07 Å². The molecule has 0 radical (unpaired) electrons. The Kier molecular flexibility index (Phi) is 8.02. The molecule has 3 heterocycles. The highest BCUT2D eigenvalue weighted by Crippen LogP contribution is 2.55. The topological polar surface area (TPSA) is 36.8 Å². The molecule has 51 heavy (non-hydrogen) atoms. The molecule has 8 rings (SSSR count). The summed E-state index contributed by atoms with van der Waals surface area (Å²) in [5.74, 6) is 3.43. The van der Waals surface area contributed by atoms with E-state index in [0.29, 0.717) is 0 Å². The zero-order valence-electron chi connectivity index (χ0n) is 30.1. The molecule has 0 amide bonds. The fourth-order valence-corrected chi connectivity index (χ4v) is 7.82. The van der Waals surface area contributed by atoms with Gasteiger partial charge in [-0.25, -0.2) is 4.98 Å². The van der Waals surface area contributed by atoms with Crippen LogP contribution in [0.3, 0.4) is 0 Å². The van der Waals surface area contributed by atoms with E-state index >= 15 is 0 Å². The molecule has 0 atom stereocenters. The Morgan fingerprint density at radius 3 is 2.04 bits per heavy atom. The first-order valence-corrected chi connectivity index (χ1v) is 17.8. The minimum absolute atomic E-state index is 0.796. The summed E-state index contributed by atoms with van der Waals surface area (Å²) in [5, 5.41) is 0. The van der Waals surface area contributed by atoms with Crippen LogP contribution >= 0.6 is 0 Å². The summed E-state index contributed by atoms with van der Waals surface area (Å²) in [6.45, 7) is 20.2. The molecule has 2 aliphatic heterocycles. The van der Waals surface area contributed by atoms with Gasteiger partial charge in [0, 0.05) is 16.9 Å². The van der Waals surface area contributed by atoms with Gasteiger partial charge in [-0.2, -0.15) is 0 Å². The van der Waals surface area contributed by atoms with Crippen LogP contribution in [0.4, 0.5) is 28.4 Å². The van der Waals surface area contributed by atoms with Gasteiger partial charge >= 0.3 is 0 Å². The van der Waals surface area contributed by atoms with Gasteiger partial charge in [-0.05, 0) is 81.1 Å². The molecule has 6 heteroatoms. The van der Waals surface area contributed by atoms with Gasteiger partial charge in [-0.3, -0.25) is 14.4 Å². The van der Waals surface area contributed by atoms with E-state index in [0.717, 1.165) is 110 Å². The SMILES string of the molecule is C=C(CCC)N1C(=C)N(c2c(C)c(CC)c(N3C(C)=C(C)Oc4ccccc43)c3c2nc(-c2ccccc2)n3-c2ccccc2)c2ccccc21. The van der Waals surface area contributed by atoms with Crippen LogP contribution in [-0.4, -0.2) is 9.55 Å². The minimum atomic E-state index is 0.796. The maximum Gasteiger partial charge on any atom is 0.151 e. The summed E-state index contributed by atoms with van der Waals surface area (Å²) in [6.07, 6.45) is 2.67. The van der Waals surface area contributed by atoms with Crippen LogP contribution in [0.2, 0.25) is 0 Å². The summed E-state index contributed by atoms with van der Waals surface area (Å²) >= 11 is 0. The lowest BCUT2D eigenvalue weighted by molar-refractivity contribution is 0.411. The summed E-state index contributed by atoms with van der Waals surface area (Å²) in [5.41, 5.74) is 13.7. The number of fused-ring (bicyclic) bond motifs is 3. The number of nitrogens with zero attached hydrogens (tertiary/aromatic N) is 5. The lowest BCUT2D eigenvalue weighted by atomic mass is 9.96. The van der Waals surface area contributed by atoms with Gasteiger partial charge in [0.25, 0.3) is 0 Å². The molecule has 6 aromatic rings. The van der Waals surface area contributed by atoms with Crippen LogP contribution < -0.4 is 19.4 Å². The Labute approximate surface area is 300 Å². The first-order valence-electron chi connectivity index (χ1n) is 17.8. The van der Waals surface area contributed by atoms with Crippen molar-refractivity contribution in [2.24, 2.45) is 0 Å². The first kappa shape index (κ1) is 32.2. The number of hydrogen-bond acceptors (Lipinski definition) is 5. The lowest BCUT2D eigenvalue weighted by Crippen LogP contribution is -2.26. The third-order valence-electron chi connectivity index (χ3n) is 10.2. The van der Waals surface area contributed by atoms with E-state index in [1.165, 1.54) is 5.56 Å². The van der Waals surface area contributed by atoms with E-state index < -0.39 is 0 Å². The molecule has 254 valence electrons. The van der Waals surface area contributed by atoms with Gasteiger partial charge in [0.1, 0.15) is 22.9 Å². The van der Waals surface area contributed by atoms with Crippen molar-refractivity contribution in [3.63, 3.8) is 0 Å². The molecule has 0 bridgehead atoms. The third-order valence-corrected chi connectivity index (χ3v) is 10.2. The number of benzene rings is 5. The second-order valence-electron chi connectivity index (χ2n) is 13.3. The Morgan fingerprint density at radius 1 is 0.725 bits per heavy atom. The minimum Gasteiger partial charge on any atom is -0.458 e. The van der Waals surface area contributed by atoms with Crippen LogP contribution in [0.15, 0.2) is 145 Å². The van der Waals surface area contributed by atoms with E-state index in [1.54, 1.807) is 0 Å². The highest BCUT2D eigenvalue weighted by atomic mass is 16.5. The molecular weight excluding hydrogens is 627 g/mol. The monoisotopic (exact) mass is 669 g/mol. The quantitative estimate of drug-likeness (QED) is 0.161. The molecule has 0 fully saturated rings. The Hall–Kier alpha value is -6.01. The number of para-hydroxylation sites is 5. The maximum absolute atomic E-state index is 6.40.